The molecule has 1 aliphatic heterocycles. The van der Waals surface area contributed by atoms with Crippen molar-refractivity contribution in [2.24, 2.45) is 0 Å². The monoisotopic (exact) mass is 760 g/mol. The molecule has 2 aliphatic carbocycles. The van der Waals surface area contributed by atoms with Crippen LogP contribution in [0.5, 0.6) is 0 Å². The third-order valence-corrected chi connectivity index (χ3v) is 11.1. The summed E-state index contributed by atoms with van der Waals surface area (Å²) in [5.41, 5.74) is 5.34. The molecule has 4 aromatic rings. The van der Waals surface area contributed by atoms with Crippen LogP contribution in [0.1, 0.15) is 99.8 Å². The second-order valence-electron chi connectivity index (χ2n) is 14.1. The van der Waals surface area contributed by atoms with E-state index in [1.807, 2.05) is 50.2 Å². The lowest BCUT2D eigenvalue weighted by molar-refractivity contribution is -0.191. The fourth-order valence-corrected chi connectivity index (χ4v) is 7.93. The number of aliphatic hydroxyl groups excluding tert-OH is 1. The molecule has 2 fully saturated rings. The molecule has 0 bridgehead atoms. The van der Waals surface area contributed by atoms with Crippen molar-refractivity contribution in [2.45, 2.75) is 109 Å². The first-order valence-electron chi connectivity index (χ1n) is 18.1. The Morgan fingerprint density at radius 1 is 0.868 bits per heavy atom. The highest BCUT2D eigenvalue weighted by molar-refractivity contribution is 6.30. The maximum atomic E-state index is 12.7. The van der Waals surface area contributed by atoms with Crippen molar-refractivity contribution < 1.29 is 24.3 Å². The highest BCUT2D eigenvalue weighted by atomic mass is 35.5. The number of rotatable bonds is 7. The van der Waals surface area contributed by atoms with Crippen molar-refractivity contribution in [1.29, 1.82) is 0 Å². The van der Waals surface area contributed by atoms with Crippen LogP contribution in [0.25, 0.3) is 16.9 Å². The second-order valence-corrected chi connectivity index (χ2v) is 15.0. The van der Waals surface area contributed by atoms with Crippen LogP contribution in [0.4, 0.5) is 0 Å². The average Bonchev–Trinajstić information content (AvgIpc) is 3.84. The van der Waals surface area contributed by atoms with Gasteiger partial charge in [-0.25, -0.2) is 9.36 Å². The number of carbonyl (C=O) groups excluding carboxylic acids is 4. The number of amides is 2. The lowest BCUT2D eigenvalue weighted by Crippen LogP contribution is -2.49. The number of benzene rings is 2. The van der Waals surface area contributed by atoms with E-state index in [1.165, 1.54) is 19.3 Å². The zero-order valence-corrected chi connectivity index (χ0v) is 31.9. The normalized spacial score (nSPS) is 17.2. The van der Waals surface area contributed by atoms with E-state index < -0.39 is 5.54 Å². The summed E-state index contributed by atoms with van der Waals surface area (Å²) in [7, 11) is 0. The molecule has 2 saturated carbocycles. The summed E-state index contributed by atoms with van der Waals surface area (Å²) in [5.74, 6) is 0.108. The topological polar surface area (TPSA) is 148 Å². The van der Waals surface area contributed by atoms with Gasteiger partial charge in [0.05, 0.1) is 51.3 Å². The van der Waals surface area contributed by atoms with E-state index in [2.05, 4.69) is 27.8 Å². The SMILES string of the molecule is CCC1(NC(=O)Cc2cc(-n3cc(Cl)cn3)ccc2C)CCCCC1.Cc1ccc(-n2cc(Cl)cn2)cc1C1=C(O)C2(CCCCC2)NC1=O.O=C=O. The van der Waals surface area contributed by atoms with E-state index in [0.29, 0.717) is 22.0 Å². The molecular weight excluding hydrogens is 715 g/mol. The Bertz CT molecular complexity index is 2000. The molecule has 2 aromatic heterocycles. The van der Waals surface area contributed by atoms with Crippen LogP contribution >= 0.6 is 23.2 Å². The van der Waals surface area contributed by atoms with Crippen molar-refractivity contribution in [3.05, 3.63) is 99.2 Å². The van der Waals surface area contributed by atoms with Crippen LogP contribution < -0.4 is 10.6 Å². The first-order valence-corrected chi connectivity index (χ1v) is 18.9. The molecule has 280 valence electrons. The van der Waals surface area contributed by atoms with Gasteiger partial charge in [-0.3, -0.25) is 9.59 Å². The van der Waals surface area contributed by atoms with E-state index in [9.17, 15) is 14.7 Å². The Kier molecular flexibility index (Phi) is 13.0. The molecule has 3 N–H and O–H groups in total. The number of halogens is 2. The van der Waals surface area contributed by atoms with Gasteiger partial charge in [0.25, 0.3) is 5.91 Å². The van der Waals surface area contributed by atoms with E-state index in [-0.39, 0.29) is 29.3 Å². The minimum atomic E-state index is -0.581. The quantitative estimate of drug-likeness (QED) is 0.173. The fourth-order valence-electron chi connectivity index (χ4n) is 7.66. The van der Waals surface area contributed by atoms with Crippen molar-refractivity contribution in [1.82, 2.24) is 30.2 Å². The number of aromatic nitrogens is 4. The Balaban J connectivity index is 0.000000190. The molecule has 0 atom stereocenters. The van der Waals surface area contributed by atoms with Gasteiger partial charge in [0.2, 0.25) is 5.91 Å². The summed E-state index contributed by atoms with van der Waals surface area (Å²) in [5, 5.41) is 26.9. The number of nitrogens with one attached hydrogen (secondary N) is 2. The van der Waals surface area contributed by atoms with Crippen LogP contribution in [0, 0.1) is 13.8 Å². The first kappa shape index (κ1) is 39.5. The maximum absolute atomic E-state index is 12.7. The summed E-state index contributed by atoms with van der Waals surface area (Å²) in [6.07, 6.45) is 19.0. The van der Waals surface area contributed by atoms with Crippen LogP contribution in [0.3, 0.4) is 0 Å². The fraction of sp³-hybridized carbons (Fsp3) is 0.425. The Labute approximate surface area is 319 Å². The van der Waals surface area contributed by atoms with Gasteiger partial charge in [-0.2, -0.15) is 19.8 Å². The van der Waals surface area contributed by atoms with Crippen LogP contribution in [-0.2, 0) is 25.6 Å². The van der Waals surface area contributed by atoms with Crippen molar-refractivity contribution >= 4 is 46.7 Å². The molecule has 11 nitrogen and oxygen atoms in total. The lowest BCUT2D eigenvalue weighted by Gasteiger charge is -2.37. The van der Waals surface area contributed by atoms with Gasteiger partial charge in [0.1, 0.15) is 5.76 Å². The zero-order valence-electron chi connectivity index (χ0n) is 30.4. The van der Waals surface area contributed by atoms with Gasteiger partial charge in [-0.15, -0.1) is 0 Å². The van der Waals surface area contributed by atoms with E-state index in [0.717, 1.165) is 85.0 Å². The number of hydrogen-bond acceptors (Lipinski definition) is 7. The molecule has 2 amide bonds. The molecule has 53 heavy (non-hydrogen) atoms. The van der Waals surface area contributed by atoms with Crippen molar-refractivity contribution in [3.63, 3.8) is 0 Å². The van der Waals surface area contributed by atoms with Gasteiger partial charge in [0, 0.05) is 17.9 Å². The standard InChI is InChI=1S/C20H26ClN3O.C19H20ClN3O2.CO2/c1-3-20(9-5-4-6-10-20)23-19(25)12-16-11-18(8-7-15(16)2)24-14-17(21)13-22-24;1-12-5-6-14(23-11-13(20)10-21-23)9-15(12)16-17(24)19(22-18(16)25)7-3-2-4-8-19;2-1-3/h7-8,11,13-14H,3-6,9-10,12H2,1-2H3,(H,23,25);5-6,9-11,24H,2-4,7-8H2,1H3,(H,22,25);. The number of aliphatic hydroxyl groups is 1. The third-order valence-electron chi connectivity index (χ3n) is 10.7. The predicted molar refractivity (Wildman–Crippen MR) is 203 cm³/mol. The predicted octanol–water partition coefficient (Wildman–Crippen LogP) is 7.96. The summed E-state index contributed by atoms with van der Waals surface area (Å²) in [6, 6.07) is 11.8. The average molecular weight is 762 g/mol. The van der Waals surface area contributed by atoms with Gasteiger partial charge in [0.15, 0.2) is 0 Å². The van der Waals surface area contributed by atoms with Gasteiger partial charge >= 0.3 is 6.15 Å². The smallest absolute Gasteiger partial charge is 0.373 e. The van der Waals surface area contributed by atoms with Crippen molar-refractivity contribution in [2.75, 3.05) is 0 Å². The molecule has 0 radical (unpaired) electrons. The van der Waals surface area contributed by atoms with E-state index in [1.54, 1.807) is 34.2 Å². The largest absolute Gasteiger partial charge is 0.509 e. The molecule has 0 saturated heterocycles. The Hall–Kier alpha value is -4.70. The Morgan fingerprint density at radius 2 is 1.40 bits per heavy atom. The molecule has 3 aliphatic rings. The summed E-state index contributed by atoms with van der Waals surface area (Å²) in [4.78, 5) is 41.6. The van der Waals surface area contributed by atoms with Crippen molar-refractivity contribution in [3.8, 4) is 11.4 Å². The molecule has 1 spiro atoms. The highest BCUT2D eigenvalue weighted by Crippen LogP contribution is 2.42. The van der Waals surface area contributed by atoms with Gasteiger partial charge < -0.3 is 15.7 Å². The maximum Gasteiger partial charge on any atom is 0.373 e. The number of aryl methyl sites for hydroxylation is 2. The van der Waals surface area contributed by atoms with Crippen LogP contribution in [0.2, 0.25) is 10.0 Å². The van der Waals surface area contributed by atoms with E-state index in [4.69, 9.17) is 32.8 Å². The first-order chi connectivity index (χ1) is 25.4. The molecule has 3 heterocycles. The minimum Gasteiger partial charge on any atom is -0.509 e. The second kappa shape index (κ2) is 17.4. The number of carbonyl (C=O) groups is 2. The molecule has 7 rings (SSSR count). The van der Waals surface area contributed by atoms with Gasteiger partial charge in [-0.05, 0) is 92.5 Å². The van der Waals surface area contributed by atoms with Crippen LogP contribution in [-0.4, -0.2) is 53.7 Å². The Morgan fingerprint density at radius 3 is 1.92 bits per heavy atom. The number of hydrogen-bond donors (Lipinski definition) is 3. The molecular formula is C40H46Cl2N6O5. The third kappa shape index (κ3) is 9.27. The minimum absolute atomic E-state index is 0.00361. The summed E-state index contributed by atoms with van der Waals surface area (Å²) >= 11 is 11.9. The summed E-state index contributed by atoms with van der Waals surface area (Å²) < 4.78 is 3.39. The lowest BCUT2D eigenvalue weighted by atomic mass is 9.79. The molecule has 0 unspecified atom stereocenters. The summed E-state index contributed by atoms with van der Waals surface area (Å²) in [6.45, 7) is 6.16. The highest BCUT2D eigenvalue weighted by Gasteiger charge is 2.46. The molecule has 2 aromatic carbocycles. The zero-order chi connectivity index (χ0) is 38.2. The van der Waals surface area contributed by atoms with E-state index >= 15 is 0 Å². The number of nitrogens with zero attached hydrogens (tertiary/aromatic N) is 4. The van der Waals surface area contributed by atoms with Crippen LogP contribution in [0.15, 0.2) is 66.9 Å². The molecule has 13 heteroatoms. The van der Waals surface area contributed by atoms with Gasteiger partial charge in [-0.1, -0.05) is 80.8 Å².